The zero-order valence-corrected chi connectivity index (χ0v) is 11.3. The summed E-state index contributed by atoms with van der Waals surface area (Å²) >= 11 is 0. The number of nitrogens with two attached hydrogens (primary N) is 1. The molecular formula is C16H22N2O. The van der Waals surface area contributed by atoms with E-state index in [1.165, 1.54) is 12.0 Å². The maximum Gasteiger partial charge on any atom is 0.222 e. The summed E-state index contributed by atoms with van der Waals surface area (Å²) in [5.74, 6) is 1.52. The molecule has 3 rings (SSSR count). The Morgan fingerprint density at radius 2 is 2.00 bits per heavy atom. The molecular weight excluding hydrogens is 236 g/mol. The van der Waals surface area contributed by atoms with Gasteiger partial charge in [-0.3, -0.25) is 4.79 Å². The summed E-state index contributed by atoms with van der Waals surface area (Å²) in [6.07, 6.45) is 3.81. The van der Waals surface area contributed by atoms with Crippen LogP contribution in [0.5, 0.6) is 0 Å². The molecule has 3 heteroatoms. The number of hydrogen-bond donors (Lipinski definition) is 1. The molecule has 1 amide bonds. The molecule has 3 unspecified atom stereocenters. The van der Waals surface area contributed by atoms with Crippen LogP contribution in [0, 0.1) is 11.8 Å². The highest BCUT2D eigenvalue weighted by atomic mass is 16.2. The average Bonchev–Trinajstić information content (AvgIpc) is 3.00. The third-order valence-electron chi connectivity index (χ3n) is 4.74. The highest BCUT2D eigenvalue weighted by Crippen LogP contribution is 2.37. The van der Waals surface area contributed by atoms with Crippen molar-refractivity contribution in [2.24, 2.45) is 17.6 Å². The second-order valence-corrected chi connectivity index (χ2v) is 5.95. The van der Waals surface area contributed by atoms with Gasteiger partial charge in [0.05, 0.1) is 0 Å². The predicted octanol–water partition coefficient (Wildman–Crippen LogP) is 1.81. The molecule has 3 nitrogen and oxygen atoms in total. The molecule has 1 saturated carbocycles. The van der Waals surface area contributed by atoms with Gasteiger partial charge >= 0.3 is 0 Å². The third-order valence-corrected chi connectivity index (χ3v) is 4.74. The molecule has 2 N–H and O–H groups in total. The number of carbonyl (C=O) groups excluding carboxylic acids is 1. The SMILES string of the molecule is NC1CCC2CN(C(=O)CCc3ccccc3)CC12. The molecule has 3 atom stereocenters. The van der Waals surface area contributed by atoms with E-state index in [0.717, 1.165) is 25.9 Å². The topological polar surface area (TPSA) is 46.3 Å². The van der Waals surface area contributed by atoms with Crippen molar-refractivity contribution >= 4 is 5.91 Å². The number of carbonyl (C=O) groups is 1. The van der Waals surface area contributed by atoms with Gasteiger partial charge in [0.25, 0.3) is 0 Å². The summed E-state index contributed by atoms with van der Waals surface area (Å²) in [7, 11) is 0. The maximum atomic E-state index is 12.2. The average molecular weight is 258 g/mol. The van der Waals surface area contributed by atoms with E-state index in [4.69, 9.17) is 5.73 Å². The molecule has 0 spiro atoms. The highest BCUT2D eigenvalue weighted by Gasteiger charge is 2.42. The fourth-order valence-electron chi connectivity index (χ4n) is 3.57. The first-order valence-electron chi connectivity index (χ1n) is 7.31. The molecule has 1 aromatic carbocycles. The number of benzene rings is 1. The van der Waals surface area contributed by atoms with E-state index in [1.807, 2.05) is 23.1 Å². The minimum Gasteiger partial charge on any atom is -0.342 e. The molecule has 1 aliphatic carbocycles. The molecule has 2 fully saturated rings. The fraction of sp³-hybridized carbons (Fsp3) is 0.562. The van der Waals surface area contributed by atoms with Gasteiger partial charge in [-0.25, -0.2) is 0 Å². The van der Waals surface area contributed by atoms with Crippen molar-refractivity contribution in [3.8, 4) is 0 Å². The molecule has 102 valence electrons. The van der Waals surface area contributed by atoms with Crippen LogP contribution in [0.15, 0.2) is 30.3 Å². The Bertz CT molecular complexity index is 445. The molecule has 1 saturated heterocycles. The van der Waals surface area contributed by atoms with E-state index in [-0.39, 0.29) is 0 Å². The molecule has 1 heterocycles. The van der Waals surface area contributed by atoms with Crippen LogP contribution in [0.3, 0.4) is 0 Å². The van der Waals surface area contributed by atoms with Crippen LogP contribution in [0.25, 0.3) is 0 Å². The molecule has 1 aromatic rings. The Labute approximate surface area is 114 Å². The Morgan fingerprint density at radius 3 is 2.74 bits per heavy atom. The molecule has 0 aromatic heterocycles. The van der Waals surface area contributed by atoms with Crippen LogP contribution in [0.1, 0.15) is 24.8 Å². The van der Waals surface area contributed by atoms with E-state index < -0.39 is 0 Å². The van der Waals surface area contributed by atoms with E-state index in [9.17, 15) is 4.79 Å². The number of amides is 1. The minimum atomic E-state index is 0.297. The predicted molar refractivity (Wildman–Crippen MR) is 75.5 cm³/mol. The highest BCUT2D eigenvalue weighted by molar-refractivity contribution is 5.76. The van der Waals surface area contributed by atoms with E-state index in [0.29, 0.717) is 30.2 Å². The number of hydrogen-bond acceptors (Lipinski definition) is 2. The molecule has 0 radical (unpaired) electrons. The Balaban J connectivity index is 1.52. The summed E-state index contributed by atoms with van der Waals surface area (Å²) in [5, 5.41) is 0. The second kappa shape index (κ2) is 5.33. The van der Waals surface area contributed by atoms with Gasteiger partial charge in [-0.2, -0.15) is 0 Å². The number of nitrogens with zero attached hydrogens (tertiary/aromatic N) is 1. The lowest BCUT2D eigenvalue weighted by molar-refractivity contribution is -0.130. The van der Waals surface area contributed by atoms with Crippen molar-refractivity contribution in [2.75, 3.05) is 13.1 Å². The van der Waals surface area contributed by atoms with Gasteiger partial charge in [-0.15, -0.1) is 0 Å². The first-order chi connectivity index (χ1) is 9.24. The van der Waals surface area contributed by atoms with Gasteiger partial charge in [0.15, 0.2) is 0 Å². The normalized spacial score (nSPS) is 29.5. The molecule has 1 aliphatic heterocycles. The summed E-state index contributed by atoms with van der Waals surface area (Å²) in [6.45, 7) is 1.82. The van der Waals surface area contributed by atoms with E-state index >= 15 is 0 Å². The van der Waals surface area contributed by atoms with Crippen LogP contribution in [0.4, 0.5) is 0 Å². The number of likely N-dealkylation sites (tertiary alicyclic amines) is 1. The maximum absolute atomic E-state index is 12.2. The van der Waals surface area contributed by atoms with Gasteiger partial charge in [0.2, 0.25) is 5.91 Å². The van der Waals surface area contributed by atoms with Crippen LogP contribution in [-0.2, 0) is 11.2 Å². The summed E-state index contributed by atoms with van der Waals surface area (Å²) in [4.78, 5) is 14.3. The Kier molecular flexibility index (Phi) is 3.56. The molecule has 19 heavy (non-hydrogen) atoms. The summed E-state index contributed by atoms with van der Waals surface area (Å²) in [6, 6.07) is 10.5. The summed E-state index contributed by atoms with van der Waals surface area (Å²) in [5.41, 5.74) is 7.35. The van der Waals surface area contributed by atoms with Crippen LogP contribution in [0.2, 0.25) is 0 Å². The van der Waals surface area contributed by atoms with Gasteiger partial charge in [0.1, 0.15) is 0 Å². The van der Waals surface area contributed by atoms with Crippen molar-refractivity contribution in [3.05, 3.63) is 35.9 Å². The first kappa shape index (κ1) is 12.7. The Hall–Kier alpha value is -1.35. The third kappa shape index (κ3) is 2.66. The van der Waals surface area contributed by atoms with E-state index in [1.54, 1.807) is 0 Å². The lowest BCUT2D eigenvalue weighted by atomic mass is 9.98. The smallest absolute Gasteiger partial charge is 0.222 e. The van der Waals surface area contributed by atoms with Crippen molar-refractivity contribution in [3.63, 3.8) is 0 Å². The first-order valence-corrected chi connectivity index (χ1v) is 7.31. The van der Waals surface area contributed by atoms with Gasteiger partial charge in [-0.05, 0) is 36.7 Å². The number of rotatable bonds is 3. The zero-order chi connectivity index (χ0) is 13.2. The van der Waals surface area contributed by atoms with Crippen LogP contribution >= 0.6 is 0 Å². The minimum absolute atomic E-state index is 0.297. The largest absolute Gasteiger partial charge is 0.342 e. The fourth-order valence-corrected chi connectivity index (χ4v) is 3.57. The molecule has 2 aliphatic rings. The summed E-state index contributed by atoms with van der Waals surface area (Å²) < 4.78 is 0. The van der Waals surface area contributed by atoms with Crippen molar-refractivity contribution in [1.82, 2.24) is 4.90 Å². The van der Waals surface area contributed by atoms with Crippen molar-refractivity contribution in [1.29, 1.82) is 0 Å². The standard InChI is InChI=1S/C16H22N2O/c17-15-8-7-13-10-18(11-14(13)15)16(19)9-6-12-4-2-1-3-5-12/h1-5,13-15H,6-11,17H2. The Morgan fingerprint density at radius 1 is 1.21 bits per heavy atom. The van der Waals surface area contributed by atoms with Crippen LogP contribution in [-0.4, -0.2) is 29.9 Å². The lowest BCUT2D eigenvalue weighted by Gasteiger charge is -2.18. The van der Waals surface area contributed by atoms with Crippen molar-refractivity contribution in [2.45, 2.75) is 31.7 Å². The number of aryl methyl sites for hydroxylation is 1. The van der Waals surface area contributed by atoms with Gasteiger partial charge < -0.3 is 10.6 Å². The van der Waals surface area contributed by atoms with Crippen LogP contribution < -0.4 is 5.73 Å². The van der Waals surface area contributed by atoms with Gasteiger partial charge in [0, 0.05) is 25.6 Å². The molecule has 0 bridgehead atoms. The number of fused-ring (bicyclic) bond motifs is 1. The van der Waals surface area contributed by atoms with E-state index in [2.05, 4.69) is 12.1 Å². The quantitative estimate of drug-likeness (QED) is 0.899. The second-order valence-electron chi connectivity index (χ2n) is 5.95. The lowest BCUT2D eigenvalue weighted by Crippen LogP contribution is -2.33. The van der Waals surface area contributed by atoms with Crippen molar-refractivity contribution < 1.29 is 4.79 Å². The van der Waals surface area contributed by atoms with Gasteiger partial charge in [-0.1, -0.05) is 30.3 Å². The monoisotopic (exact) mass is 258 g/mol. The zero-order valence-electron chi connectivity index (χ0n) is 11.3.